The monoisotopic (exact) mass is 336 g/mol. The molecule has 5 heteroatoms. The van der Waals surface area contributed by atoms with Gasteiger partial charge in [0.25, 0.3) is 0 Å². The molecule has 2 heterocycles. The molecule has 5 aliphatic rings. The Bertz CT molecular complexity index is 599. The van der Waals surface area contributed by atoms with E-state index in [0.29, 0.717) is 13.2 Å². The van der Waals surface area contributed by atoms with E-state index in [9.17, 15) is 9.90 Å². The summed E-state index contributed by atoms with van der Waals surface area (Å²) in [4.78, 5) is 12.1. The normalized spacial score (nSPS) is 54.7. The molecule has 5 rings (SSSR count). The number of ether oxygens (including phenoxy) is 3. The SMILES string of the molecule is C[C@]12CCC[C@](C)(C(=O)O)[C@@H]1CC[C@]13CCC4(C[C@@]12O3)OCCO4. The van der Waals surface area contributed by atoms with E-state index >= 15 is 0 Å². The highest BCUT2D eigenvalue weighted by atomic mass is 16.7. The van der Waals surface area contributed by atoms with Gasteiger partial charge in [0.05, 0.1) is 24.2 Å². The lowest BCUT2D eigenvalue weighted by molar-refractivity contribution is -0.210. The van der Waals surface area contributed by atoms with Gasteiger partial charge >= 0.3 is 5.97 Å². The Morgan fingerprint density at radius 1 is 1.04 bits per heavy atom. The second-order valence-corrected chi connectivity index (χ2v) is 9.29. The van der Waals surface area contributed by atoms with Gasteiger partial charge in [0.2, 0.25) is 0 Å². The van der Waals surface area contributed by atoms with Crippen LogP contribution in [0.4, 0.5) is 0 Å². The van der Waals surface area contributed by atoms with Crippen molar-refractivity contribution in [3.63, 3.8) is 0 Å². The average molecular weight is 336 g/mol. The van der Waals surface area contributed by atoms with Crippen LogP contribution in [0.3, 0.4) is 0 Å². The van der Waals surface area contributed by atoms with Crippen LogP contribution in [0.15, 0.2) is 0 Å². The number of hydrogen-bond donors (Lipinski definition) is 1. The van der Waals surface area contributed by atoms with Crippen LogP contribution in [0.5, 0.6) is 0 Å². The summed E-state index contributed by atoms with van der Waals surface area (Å²) in [5.74, 6) is -0.951. The number of aliphatic carboxylic acids is 1. The number of hydrogen-bond acceptors (Lipinski definition) is 4. The molecule has 0 aromatic carbocycles. The summed E-state index contributed by atoms with van der Waals surface area (Å²) in [6, 6.07) is 0. The summed E-state index contributed by atoms with van der Waals surface area (Å²) in [6.45, 7) is 5.59. The number of fused-ring (bicyclic) bond motifs is 1. The summed E-state index contributed by atoms with van der Waals surface area (Å²) in [5, 5.41) is 9.96. The van der Waals surface area contributed by atoms with Crippen molar-refractivity contribution in [1.82, 2.24) is 0 Å². The molecule has 0 unspecified atom stereocenters. The molecule has 1 spiro atoms. The fraction of sp³-hybridized carbons (Fsp3) is 0.947. The molecule has 2 aliphatic heterocycles. The van der Waals surface area contributed by atoms with E-state index in [4.69, 9.17) is 14.2 Å². The zero-order valence-corrected chi connectivity index (χ0v) is 14.7. The molecule has 5 atom stereocenters. The van der Waals surface area contributed by atoms with Gasteiger partial charge in [0, 0.05) is 18.3 Å². The highest BCUT2D eigenvalue weighted by molar-refractivity contribution is 5.75. The second-order valence-electron chi connectivity index (χ2n) is 9.29. The predicted octanol–water partition coefficient (Wildman–Crippen LogP) is 3.11. The number of carboxylic acids is 1. The van der Waals surface area contributed by atoms with Gasteiger partial charge < -0.3 is 19.3 Å². The van der Waals surface area contributed by atoms with Gasteiger partial charge in [-0.25, -0.2) is 0 Å². The third-order valence-corrected chi connectivity index (χ3v) is 8.48. The Kier molecular flexibility index (Phi) is 2.83. The van der Waals surface area contributed by atoms with Crippen molar-refractivity contribution in [3.8, 4) is 0 Å². The number of carbonyl (C=O) groups is 1. The zero-order chi connectivity index (χ0) is 16.8. The molecule has 0 aromatic heterocycles. The highest BCUT2D eigenvalue weighted by Crippen LogP contribution is 2.78. The van der Waals surface area contributed by atoms with Crippen LogP contribution in [0.2, 0.25) is 0 Å². The lowest BCUT2D eigenvalue weighted by atomic mass is 9.44. The molecular weight excluding hydrogens is 308 g/mol. The van der Waals surface area contributed by atoms with Crippen LogP contribution in [0.1, 0.15) is 65.2 Å². The van der Waals surface area contributed by atoms with Crippen molar-refractivity contribution in [2.75, 3.05) is 13.2 Å². The maximum Gasteiger partial charge on any atom is 0.309 e. The first kappa shape index (κ1) is 15.6. The summed E-state index contributed by atoms with van der Waals surface area (Å²) in [5.41, 5.74) is -1.03. The minimum Gasteiger partial charge on any atom is -0.481 e. The Hall–Kier alpha value is -0.650. The van der Waals surface area contributed by atoms with E-state index in [0.717, 1.165) is 51.4 Å². The minimum atomic E-state index is -0.637. The topological polar surface area (TPSA) is 68.3 Å². The fourth-order valence-electron chi connectivity index (χ4n) is 7.21. The molecule has 0 bridgehead atoms. The van der Waals surface area contributed by atoms with Gasteiger partial charge in [0.15, 0.2) is 5.79 Å². The first-order valence-electron chi connectivity index (χ1n) is 9.53. The van der Waals surface area contributed by atoms with Gasteiger partial charge in [0.1, 0.15) is 5.60 Å². The third-order valence-electron chi connectivity index (χ3n) is 8.48. The summed E-state index contributed by atoms with van der Waals surface area (Å²) < 4.78 is 18.6. The van der Waals surface area contributed by atoms with E-state index in [2.05, 4.69) is 6.92 Å². The fourth-order valence-corrected chi connectivity index (χ4v) is 7.21. The number of epoxide rings is 1. The van der Waals surface area contributed by atoms with Crippen LogP contribution in [0, 0.1) is 16.7 Å². The van der Waals surface area contributed by atoms with Gasteiger partial charge in [-0.3, -0.25) is 4.79 Å². The van der Waals surface area contributed by atoms with Gasteiger partial charge in [-0.05, 0) is 44.9 Å². The van der Waals surface area contributed by atoms with Crippen molar-refractivity contribution in [2.45, 2.75) is 82.2 Å². The van der Waals surface area contributed by atoms with Crippen molar-refractivity contribution >= 4 is 5.97 Å². The lowest BCUT2D eigenvalue weighted by Crippen LogP contribution is -2.62. The molecule has 5 nitrogen and oxygen atoms in total. The van der Waals surface area contributed by atoms with Crippen LogP contribution in [-0.4, -0.2) is 41.3 Å². The Morgan fingerprint density at radius 2 is 1.79 bits per heavy atom. The van der Waals surface area contributed by atoms with E-state index in [1.54, 1.807) is 0 Å². The Morgan fingerprint density at radius 3 is 2.50 bits per heavy atom. The van der Waals surface area contributed by atoms with Crippen molar-refractivity contribution < 1.29 is 24.1 Å². The van der Waals surface area contributed by atoms with Crippen molar-refractivity contribution in [3.05, 3.63) is 0 Å². The third kappa shape index (κ3) is 1.56. The minimum absolute atomic E-state index is 0.0461. The first-order valence-corrected chi connectivity index (χ1v) is 9.53. The molecule has 0 radical (unpaired) electrons. The van der Waals surface area contributed by atoms with Gasteiger partial charge in [-0.15, -0.1) is 0 Å². The average Bonchev–Trinajstić information content (AvgIpc) is 3.02. The largest absolute Gasteiger partial charge is 0.481 e. The molecule has 3 aliphatic carbocycles. The summed E-state index contributed by atoms with van der Waals surface area (Å²) in [6.07, 6.45) is 7.43. The molecular formula is C19H28O5. The molecule has 2 saturated heterocycles. The molecule has 3 saturated carbocycles. The quantitative estimate of drug-likeness (QED) is 0.745. The first-order chi connectivity index (χ1) is 11.3. The smallest absolute Gasteiger partial charge is 0.309 e. The van der Waals surface area contributed by atoms with Gasteiger partial charge in [-0.2, -0.15) is 0 Å². The molecule has 0 aromatic rings. The van der Waals surface area contributed by atoms with E-state index < -0.39 is 17.2 Å². The predicted molar refractivity (Wildman–Crippen MR) is 85.5 cm³/mol. The van der Waals surface area contributed by atoms with Crippen LogP contribution in [-0.2, 0) is 19.0 Å². The molecule has 134 valence electrons. The van der Waals surface area contributed by atoms with Gasteiger partial charge in [-0.1, -0.05) is 13.3 Å². The van der Waals surface area contributed by atoms with E-state index in [-0.39, 0.29) is 22.5 Å². The van der Waals surface area contributed by atoms with Crippen LogP contribution >= 0.6 is 0 Å². The number of rotatable bonds is 1. The molecule has 0 amide bonds. The molecule has 5 fully saturated rings. The van der Waals surface area contributed by atoms with Crippen molar-refractivity contribution in [1.29, 1.82) is 0 Å². The second kappa shape index (κ2) is 4.36. The van der Waals surface area contributed by atoms with E-state index in [1.165, 1.54) is 0 Å². The van der Waals surface area contributed by atoms with Crippen LogP contribution in [0.25, 0.3) is 0 Å². The molecule has 1 N–H and O–H groups in total. The van der Waals surface area contributed by atoms with Crippen LogP contribution < -0.4 is 0 Å². The summed E-state index contributed by atoms with van der Waals surface area (Å²) >= 11 is 0. The highest BCUT2D eigenvalue weighted by Gasteiger charge is 2.84. The Labute approximate surface area is 143 Å². The number of carboxylic acid groups (broad SMARTS) is 1. The maximum absolute atomic E-state index is 12.1. The maximum atomic E-state index is 12.1. The summed E-state index contributed by atoms with van der Waals surface area (Å²) in [7, 11) is 0. The lowest BCUT2D eigenvalue weighted by Gasteiger charge is -2.58. The Balaban J connectivity index is 1.56. The van der Waals surface area contributed by atoms with E-state index in [1.807, 2.05) is 6.92 Å². The zero-order valence-electron chi connectivity index (χ0n) is 14.7. The van der Waals surface area contributed by atoms with Crippen molar-refractivity contribution in [2.24, 2.45) is 16.7 Å². The standard InChI is InChI=1S/C19H28O5/c1-15(14(20)21)5-3-6-16(2)13(15)4-7-17-8-9-18(22-10-11-23-18)12-19(16,17)24-17/h13H,3-12H2,1-2H3,(H,20,21)/t13-,15-,16-,17-,19-/m0/s1. The molecule has 24 heavy (non-hydrogen) atoms.